The molecular formula is C19H17N5O. The molecule has 0 unspecified atom stereocenters. The van der Waals surface area contributed by atoms with Gasteiger partial charge in [0.15, 0.2) is 0 Å². The third-order valence-electron chi connectivity index (χ3n) is 3.50. The maximum Gasteiger partial charge on any atom is 0.257 e. The van der Waals surface area contributed by atoms with Crippen molar-refractivity contribution in [1.82, 2.24) is 0 Å². The van der Waals surface area contributed by atoms with Gasteiger partial charge in [0, 0.05) is 5.69 Å². The van der Waals surface area contributed by atoms with Gasteiger partial charge in [-0.2, -0.15) is 15.6 Å². The van der Waals surface area contributed by atoms with Crippen molar-refractivity contribution in [3.63, 3.8) is 0 Å². The van der Waals surface area contributed by atoms with Crippen LogP contribution in [0.3, 0.4) is 0 Å². The van der Waals surface area contributed by atoms with Crippen LogP contribution in [0.25, 0.3) is 0 Å². The molecule has 0 atom stereocenters. The first kappa shape index (κ1) is 17.7. The molecule has 1 amide bonds. The SMILES string of the molecule is CC(C)c1ccccc1NC(=O)c1ccccc1NN=C(C#N)C#N. The number of hydrogen-bond acceptors (Lipinski definition) is 5. The summed E-state index contributed by atoms with van der Waals surface area (Å²) in [4.78, 5) is 12.7. The molecule has 0 aliphatic heterocycles. The average molecular weight is 331 g/mol. The predicted octanol–water partition coefficient (Wildman–Crippen LogP) is 3.88. The summed E-state index contributed by atoms with van der Waals surface area (Å²) in [5, 5.41) is 24.1. The van der Waals surface area contributed by atoms with Gasteiger partial charge in [-0.15, -0.1) is 0 Å². The maximum absolute atomic E-state index is 12.7. The minimum absolute atomic E-state index is 0.267. The zero-order chi connectivity index (χ0) is 18.2. The molecule has 6 heteroatoms. The first-order chi connectivity index (χ1) is 12.1. The number of hydrogen-bond donors (Lipinski definition) is 2. The van der Waals surface area contributed by atoms with E-state index in [2.05, 4.69) is 29.7 Å². The van der Waals surface area contributed by atoms with Crippen LogP contribution in [0.5, 0.6) is 0 Å². The molecule has 0 aliphatic carbocycles. The fraction of sp³-hybridized carbons (Fsp3) is 0.158. The summed E-state index contributed by atoms with van der Waals surface area (Å²) >= 11 is 0. The van der Waals surface area contributed by atoms with Crippen molar-refractivity contribution in [2.45, 2.75) is 19.8 Å². The largest absolute Gasteiger partial charge is 0.322 e. The van der Waals surface area contributed by atoms with Crippen LogP contribution in [0, 0.1) is 22.7 Å². The predicted molar refractivity (Wildman–Crippen MR) is 97.2 cm³/mol. The molecule has 2 rings (SSSR count). The molecule has 0 saturated carbocycles. The highest BCUT2D eigenvalue weighted by Gasteiger charge is 2.14. The Balaban J connectivity index is 2.28. The summed E-state index contributed by atoms with van der Waals surface area (Å²) < 4.78 is 0. The Hall–Kier alpha value is -3.64. The van der Waals surface area contributed by atoms with Crippen molar-refractivity contribution in [2.24, 2.45) is 5.10 Å². The van der Waals surface area contributed by atoms with Gasteiger partial charge < -0.3 is 5.32 Å². The fourth-order valence-corrected chi connectivity index (χ4v) is 2.27. The van der Waals surface area contributed by atoms with Crippen molar-refractivity contribution >= 4 is 23.0 Å². The second kappa shape index (κ2) is 8.28. The van der Waals surface area contributed by atoms with Crippen LogP contribution in [0.15, 0.2) is 53.6 Å². The molecule has 0 radical (unpaired) electrons. The quantitative estimate of drug-likeness (QED) is 0.641. The van der Waals surface area contributed by atoms with Crippen LogP contribution < -0.4 is 10.7 Å². The number of rotatable bonds is 5. The van der Waals surface area contributed by atoms with Crippen molar-refractivity contribution in [2.75, 3.05) is 10.7 Å². The maximum atomic E-state index is 12.7. The molecule has 0 heterocycles. The Kier molecular flexibility index (Phi) is 5.86. The second-order valence-corrected chi connectivity index (χ2v) is 5.54. The van der Waals surface area contributed by atoms with E-state index in [0.29, 0.717) is 11.3 Å². The van der Waals surface area contributed by atoms with Crippen molar-refractivity contribution < 1.29 is 4.79 Å². The number of nitrogens with zero attached hydrogens (tertiary/aromatic N) is 3. The third kappa shape index (κ3) is 4.43. The summed E-state index contributed by atoms with van der Waals surface area (Å²) in [5.41, 5.74) is 4.83. The Labute approximate surface area is 146 Å². The van der Waals surface area contributed by atoms with Crippen LogP contribution in [-0.4, -0.2) is 11.6 Å². The molecule has 2 aromatic rings. The number of carbonyl (C=O) groups is 1. The first-order valence-electron chi connectivity index (χ1n) is 7.70. The van der Waals surface area contributed by atoms with E-state index in [0.717, 1.165) is 11.3 Å². The number of carbonyl (C=O) groups excluding carboxylic acids is 1. The van der Waals surface area contributed by atoms with Gasteiger partial charge in [0.1, 0.15) is 12.1 Å². The number of hydrazone groups is 1. The highest BCUT2D eigenvalue weighted by Crippen LogP contribution is 2.25. The van der Waals surface area contributed by atoms with Gasteiger partial charge in [0.05, 0.1) is 11.3 Å². The van der Waals surface area contributed by atoms with Gasteiger partial charge in [-0.1, -0.05) is 44.2 Å². The lowest BCUT2D eigenvalue weighted by Gasteiger charge is -2.14. The minimum atomic E-state index is -0.319. The third-order valence-corrected chi connectivity index (χ3v) is 3.50. The number of benzene rings is 2. The van der Waals surface area contributed by atoms with E-state index in [1.807, 2.05) is 24.3 Å². The van der Waals surface area contributed by atoms with Crippen LogP contribution in [0.1, 0.15) is 35.7 Å². The van der Waals surface area contributed by atoms with Crippen LogP contribution >= 0.6 is 0 Å². The lowest BCUT2D eigenvalue weighted by Crippen LogP contribution is -2.15. The lowest BCUT2D eigenvalue weighted by atomic mass is 10.0. The molecule has 2 N–H and O–H groups in total. The normalized spacial score (nSPS) is 9.64. The number of anilines is 2. The van der Waals surface area contributed by atoms with Crippen LogP contribution in [-0.2, 0) is 0 Å². The lowest BCUT2D eigenvalue weighted by molar-refractivity contribution is 0.102. The molecule has 0 spiro atoms. The summed E-state index contributed by atoms with van der Waals surface area (Å²) in [6.45, 7) is 4.11. The Bertz CT molecular complexity index is 871. The molecular weight excluding hydrogens is 314 g/mol. The Morgan fingerprint density at radius 3 is 2.24 bits per heavy atom. The molecule has 25 heavy (non-hydrogen) atoms. The van der Waals surface area contributed by atoms with Gasteiger partial charge in [0.25, 0.3) is 5.91 Å². The fourth-order valence-electron chi connectivity index (χ4n) is 2.27. The van der Waals surface area contributed by atoms with Crippen LogP contribution in [0.2, 0.25) is 0 Å². The summed E-state index contributed by atoms with van der Waals surface area (Å²) in [6.07, 6.45) is 0. The van der Waals surface area contributed by atoms with E-state index < -0.39 is 0 Å². The summed E-state index contributed by atoms with van der Waals surface area (Å²) in [7, 11) is 0. The summed E-state index contributed by atoms with van der Waals surface area (Å²) in [5.74, 6) is -0.0369. The monoisotopic (exact) mass is 331 g/mol. The molecule has 6 nitrogen and oxygen atoms in total. The average Bonchev–Trinajstić information content (AvgIpc) is 2.63. The molecule has 0 saturated heterocycles. The van der Waals surface area contributed by atoms with Crippen molar-refractivity contribution in [1.29, 1.82) is 10.5 Å². The van der Waals surface area contributed by atoms with E-state index in [4.69, 9.17) is 10.5 Å². The van der Waals surface area contributed by atoms with Gasteiger partial charge in [0.2, 0.25) is 5.71 Å². The van der Waals surface area contributed by atoms with E-state index >= 15 is 0 Å². The number of para-hydroxylation sites is 2. The van der Waals surface area contributed by atoms with Gasteiger partial charge in [-0.25, -0.2) is 0 Å². The Morgan fingerprint density at radius 1 is 1.00 bits per heavy atom. The van der Waals surface area contributed by atoms with E-state index in [-0.39, 0.29) is 17.5 Å². The second-order valence-electron chi connectivity index (χ2n) is 5.54. The van der Waals surface area contributed by atoms with Crippen molar-refractivity contribution in [3.05, 3.63) is 59.7 Å². The molecule has 0 bridgehead atoms. The highest BCUT2D eigenvalue weighted by atomic mass is 16.1. The minimum Gasteiger partial charge on any atom is -0.322 e. The summed E-state index contributed by atoms with van der Waals surface area (Å²) in [6, 6.07) is 17.7. The van der Waals surface area contributed by atoms with Gasteiger partial charge >= 0.3 is 0 Å². The zero-order valence-electron chi connectivity index (χ0n) is 13.9. The Morgan fingerprint density at radius 2 is 1.60 bits per heavy atom. The molecule has 0 aliphatic rings. The number of nitriles is 2. The van der Waals surface area contributed by atoms with Gasteiger partial charge in [-0.05, 0) is 29.7 Å². The van der Waals surface area contributed by atoms with Gasteiger partial charge in [-0.3, -0.25) is 10.2 Å². The molecule has 2 aromatic carbocycles. The number of amides is 1. The zero-order valence-corrected chi connectivity index (χ0v) is 13.9. The molecule has 124 valence electrons. The highest BCUT2D eigenvalue weighted by molar-refractivity contribution is 6.11. The topological polar surface area (TPSA) is 101 Å². The number of nitrogens with one attached hydrogen (secondary N) is 2. The smallest absolute Gasteiger partial charge is 0.257 e. The van der Waals surface area contributed by atoms with Crippen LogP contribution in [0.4, 0.5) is 11.4 Å². The van der Waals surface area contributed by atoms with E-state index in [1.165, 1.54) is 0 Å². The van der Waals surface area contributed by atoms with E-state index in [9.17, 15) is 4.79 Å². The van der Waals surface area contributed by atoms with Crippen molar-refractivity contribution in [3.8, 4) is 12.1 Å². The molecule has 0 fully saturated rings. The van der Waals surface area contributed by atoms with E-state index in [1.54, 1.807) is 36.4 Å². The molecule has 0 aromatic heterocycles. The first-order valence-corrected chi connectivity index (χ1v) is 7.70. The standard InChI is InChI=1S/C19H17N5O/c1-13(2)15-7-3-5-9-17(15)22-19(25)16-8-4-6-10-18(16)24-23-14(11-20)12-21/h3-10,13,24H,1-2H3,(H,22,25).